The van der Waals surface area contributed by atoms with Crippen LogP contribution in [0, 0.1) is 22.7 Å². The maximum absolute atomic E-state index is 13.5. The van der Waals surface area contributed by atoms with Gasteiger partial charge in [0, 0.05) is 111 Å². The molecule has 8 aromatic rings. The number of nitrogens with zero attached hydrogens (tertiary/aromatic N) is 12. The molecule has 2 N–H and O–H groups in total. The van der Waals surface area contributed by atoms with Crippen molar-refractivity contribution in [1.29, 1.82) is 0 Å². The van der Waals surface area contributed by atoms with Crippen LogP contribution in [0.5, 0.6) is 11.5 Å². The van der Waals surface area contributed by atoms with Gasteiger partial charge in [-0.1, -0.05) is 13.8 Å². The molecule has 20 heteroatoms. The van der Waals surface area contributed by atoms with Gasteiger partial charge in [0.2, 0.25) is 11.8 Å². The second-order valence-electron chi connectivity index (χ2n) is 22.8. The smallest absolute Gasteiger partial charge is 0.259 e. The summed E-state index contributed by atoms with van der Waals surface area (Å²) in [4.78, 5) is 62.9. The van der Waals surface area contributed by atoms with Gasteiger partial charge >= 0.3 is 0 Å². The minimum atomic E-state index is -0.260. The number of benzene rings is 2. The summed E-state index contributed by atoms with van der Waals surface area (Å²) in [6, 6.07) is 11.7. The fraction of sp³-hybridized carbons (Fsp3) is 0.464. The number of likely N-dealkylation sites (tertiary alicyclic amines) is 2. The van der Waals surface area contributed by atoms with Gasteiger partial charge in [0.1, 0.15) is 22.9 Å². The standard InChI is InChI=1S/2C28H31N7O3/c2*1-17-12-28(15-33(16-28)18(2)36)7-6-24(17)35-14-19-10-21(25(11-22(19)32-35)38-20-4-5-20)27(37)31-23-13-30-34-9-3-8-29-26(23)34/h2*3,8-11,13-14,17,20,24H,4-7,12,15-16H2,1-2H3,(H,31,37)/t2*17-,24-/m11/s1. The Kier molecular flexibility index (Phi) is 11.6. The first kappa shape index (κ1) is 47.8. The van der Waals surface area contributed by atoms with Gasteiger partial charge in [-0.3, -0.25) is 28.5 Å². The highest BCUT2D eigenvalue weighted by atomic mass is 16.5. The van der Waals surface area contributed by atoms with Gasteiger partial charge in [0.05, 0.1) is 58.8 Å². The maximum Gasteiger partial charge on any atom is 0.259 e. The molecule has 2 spiro atoms. The van der Waals surface area contributed by atoms with E-state index in [1.807, 2.05) is 34.1 Å². The van der Waals surface area contributed by atoms with Crippen LogP contribution in [0.1, 0.15) is 125 Å². The number of aromatic nitrogens is 10. The lowest BCUT2D eigenvalue weighted by atomic mass is 9.64. The summed E-state index contributed by atoms with van der Waals surface area (Å²) in [5.74, 6) is 1.83. The summed E-state index contributed by atoms with van der Waals surface area (Å²) in [5, 5.41) is 26.2. The molecule has 0 bridgehead atoms. The summed E-state index contributed by atoms with van der Waals surface area (Å²) in [6.45, 7) is 11.4. The van der Waals surface area contributed by atoms with E-state index in [2.05, 4.69) is 66.4 Å². The van der Waals surface area contributed by atoms with Crippen molar-refractivity contribution in [2.45, 2.75) is 116 Å². The SMILES string of the molecule is CC(=O)N1CC2(CC[C@@H](n3cc4cc(C(=O)Nc5cnn6cccnc56)c(OC5CC5)cc4n3)[C@H](C)C2)C1.CC(=O)N1CC2(CC[C@@H](n3cc4cc(C(=O)Nc5cnn6cccnc56)c(OC5CC5)cc4n3)[C@H](C)C2)C1. The number of hydrogen-bond donors (Lipinski definition) is 2. The van der Waals surface area contributed by atoms with Crippen LogP contribution < -0.4 is 20.1 Å². The molecule has 20 nitrogen and oxygen atoms in total. The topological polar surface area (TPSA) is 213 Å². The molecular weight excluding hydrogens is 965 g/mol. The summed E-state index contributed by atoms with van der Waals surface area (Å²) in [5.41, 5.74) is 5.41. The quantitative estimate of drug-likeness (QED) is 0.133. The Bertz CT molecular complexity index is 3360. The van der Waals surface area contributed by atoms with Gasteiger partial charge < -0.3 is 29.9 Å². The summed E-state index contributed by atoms with van der Waals surface area (Å²) in [7, 11) is 0. The lowest BCUT2D eigenvalue weighted by molar-refractivity contribution is -0.145. The molecule has 4 saturated carbocycles. The average Bonchev–Trinajstić information content (AvgIpc) is 4.21. The number of fused-ring (bicyclic) bond motifs is 4. The Labute approximate surface area is 438 Å². The normalized spacial score (nSPS) is 22.5. The number of carbonyl (C=O) groups is 4. The minimum Gasteiger partial charge on any atom is -0.490 e. The van der Waals surface area contributed by atoms with Gasteiger partial charge in [-0.15, -0.1) is 0 Å². The van der Waals surface area contributed by atoms with Crippen molar-refractivity contribution < 1.29 is 28.7 Å². The number of ether oxygens (including phenoxy) is 2. The van der Waals surface area contributed by atoms with Crippen molar-refractivity contribution in [2.75, 3.05) is 36.8 Å². The van der Waals surface area contributed by atoms with Crippen LogP contribution in [0.4, 0.5) is 11.4 Å². The molecule has 392 valence electrons. The van der Waals surface area contributed by atoms with Crippen LogP contribution in [-0.4, -0.2) is 121 Å². The molecule has 0 radical (unpaired) electrons. The second kappa shape index (κ2) is 18.4. The predicted octanol–water partition coefficient (Wildman–Crippen LogP) is 8.16. The summed E-state index contributed by atoms with van der Waals surface area (Å²) in [6.07, 6.45) is 25.0. The third kappa shape index (κ3) is 9.03. The molecule has 2 saturated heterocycles. The van der Waals surface area contributed by atoms with Gasteiger partial charge in [0.25, 0.3) is 11.8 Å². The second-order valence-corrected chi connectivity index (χ2v) is 22.8. The molecule has 4 aliphatic carbocycles. The van der Waals surface area contributed by atoms with E-state index in [0.717, 1.165) is 112 Å². The molecule has 2 aliphatic heterocycles. The average molecular weight is 1030 g/mol. The fourth-order valence-electron chi connectivity index (χ4n) is 12.6. The molecule has 14 rings (SSSR count). The van der Waals surface area contributed by atoms with Crippen molar-refractivity contribution in [3.63, 3.8) is 0 Å². The highest BCUT2D eigenvalue weighted by Crippen LogP contribution is 2.51. The molecule has 6 fully saturated rings. The molecule has 8 heterocycles. The first-order valence-electron chi connectivity index (χ1n) is 26.8. The number of carbonyl (C=O) groups excluding carboxylic acids is 4. The zero-order chi connectivity index (χ0) is 52.0. The van der Waals surface area contributed by atoms with Crippen molar-refractivity contribution in [3.05, 3.63) is 97.1 Å². The molecular formula is C56H62N14O6. The van der Waals surface area contributed by atoms with Crippen LogP contribution in [0.15, 0.2) is 86.0 Å². The van der Waals surface area contributed by atoms with Crippen molar-refractivity contribution in [3.8, 4) is 11.5 Å². The van der Waals surface area contributed by atoms with Crippen LogP contribution >= 0.6 is 0 Å². The van der Waals surface area contributed by atoms with E-state index in [1.54, 1.807) is 72.2 Å². The summed E-state index contributed by atoms with van der Waals surface area (Å²) < 4.78 is 19.8. The molecule has 6 aromatic heterocycles. The van der Waals surface area contributed by atoms with Crippen LogP contribution in [0.2, 0.25) is 0 Å². The first-order valence-corrected chi connectivity index (χ1v) is 26.8. The Morgan fingerprint density at radius 2 is 1.01 bits per heavy atom. The number of amides is 4. The van der Waals surface area contributed by atoms with Gasteiger partial charge in [-0.05, 0) is 100 Å². The lowest BCUT2D eigenvalue weighted by Crippen LogP contribution is -2.60. The predicted molar refractivity (Wildman–Crippen MR) is 282 cm³/mol. The zero-order valence-corrected chi connectivity index (χ0v) is 43.3. The van der Waals surface area contributed by atoms with E-state index in [0.29, 0.717) is 57.1 Å². The summed E-state index contributed by atoms with van der Waals surface area (Å²) >= 11 is 0. The van der Waals surface area contributed by atoms with Crippen molar-refractivity contribution in [2.24, 2.45) is 22.7 Å². The Morgan fingerprint density at radius 3 is 1.39 bits per heavy atom. The lowest BCUT2D eigenvalue weighted by Gasteiger charge is -2.55. The number of rotatable bonds is 10. The Hall–Kier alpha value is -7.90. The van der Waals surface area contributed by atoms with E-state index >= 15 is 0 Å². The van der Waals surface area contributed by atoms with Crippen molar-refractivity contribution in [1.82, 2.24) is 58.6 Å². The molecule has 4 atom stereocenters. The molecule has 6 aliphatic rings. The number of nitrogens with one attached hydrogen (secondary N) is 2. The third-order valence-corrected chi connectivity index (χ3v) is 16.9. The Morgan fingerprint density at radius 1 is 0.592 bits per heavy atom. The Balaban J connectivity index is 0.000000146. The first-order chi connectivity index (χ1) is 36.7. The van der Waals surface area contributed by atoms with E-state index in [4.69, 9.17) is 19.7 Å². The highest BCUT2D eigenvalue weighted by molar-refractivity contribution is 6.10. The fourth-order valence-corrected chi connectivity index (χ4v) is 12.6. The molecule has 76 heavy (non-hydrogen) atoms. The van der Waals surface area contributed by atoms with E-state index in [-0.39, 0.29) is 58.8 Å². The molecule has 2 aromatic carbocycles. The van der Waals surface area contributed by atoms with Gasteiger partial charge in [0.15, 0.2) is 11.3 Å². The van der Waals surface area contributed by atoms with Crippen molar-refractivity contribution >= 4 is 68.1 Å². The van der Waals surface area contributed by atoms with E-state index in [1.165, 1.54) is 0 Å². The molecule has 0 unspecified atom stereocenters. The van der Waals surface area contributed by atoms with Crippen LogP contribution in [0.3, 0.4) is 0 Å². The van der Waals surface area contributed by atoms with Gasteiger partial charge in [-0.25, -0.2) is 19.0 Å². The van der Waals surface area contributed by atoms with E-state index < -0.39 is 0 Å². The highest BCUT2D eigenvalue weighted by Gasteiger charge is 2.50. The maximum atomic E-state index is 13.5. The largest absolute Gasteiger partial charge is 0.490 e. The zero-order valence-electron chi connectivity index (χ0n) is 43.3. The minimum absolute atomic E-state index is 0.145. The monoisotopic (exact) mass is 1030 g/mol. The van der Waals surface area contributed by atoms with Crippen LogP contribution in [0.25, 0.3) is 33.1 Å². The van der Waals surface area contributed by atoms with Crippen LogP contribution in [-0.2, 0) is 9.59 Å². The number of anilines is 2. The van der Waals surface area contributed by atoms with Gasteiger partial charge in [-0.2, -0.15) is 20.4 Å². The van der Waals surface area contributed by atoms with E-state index in [9.17, 15) is 19.2 Å². The number of hydrogen-bond acceptors (Lipinski definition) is 12. The third-order valence-electron chi connectivity index (χ3n) is 16.9. The molecule has 4 amide bonds.